The van der Waals surface area contributed by atoms with Gasteiger partial charge in [-0.1, -0.05) is 13.8 Å². The van der Waals surface area contributed by atoms with Crippen LogP contribution in [0.4, 0.5) is 5.69 Å². The number of thiazole rings is 1. The van der Waals surface area contributed by atoms with E-state index in [1.807, 2.05) is 13.0 Å². The second-order valence-corrected chi connectivity index (χ2v) is 8.06. The number of rotatable bonds is 7. The molecular formula is C21H23N5O2S. The molecule has 0 fully saturated rings. The summed E-state index contributed by atoms with van der Waals surface area (Å²) < 4.78 is 0. The van der Waals surface area contributed by atoms with Crippen LogP contribution in [0.2, 0.25) is 0 Å². The number of aromatic nitrogens is 3. The molecule has 3 aromatic heterocycles. The number of nitrogens with one attached hydrogen (secondary N) is 2. The Morgan fingerprint density at radius 2 is 1.86 bits per heavy atom. The first-order valence-electron chi connectivity index (χ1n) is 9.31. The summed E-state index contributed by atoms with van der Waals surface area (Å²) in [5, 5.41) is 8.25. The van der Waals surface area contributed by atoms with Gasteiger partial charge >= 0.3 is 0 Å². The summed E-state index contributed by atoms with van der Waals surface area (Å²) in [6, 6.07) is 4.90. The van der Waals surface area contributed by atoms with Crippen molar-refractivity contribution in [2.24, 2.45) is 5.92 Å². The van der Waals surface area contributed by atoms with Gasteiger partial charge < -0.3 is 10.6 Å². The molecule has 2 N–H and O–H groups in total. The number of hydrogen-bond donors (Lipinski definition) is 2. The van der Waals surface area contributed by atoms with Crippen molar-refractivity contribution in [3.63, 3.8) is 0 Å². The summed E-state index contributed by atoms with van der Waals surface area (Å²) in [6.07, 6.45) is 7.19. The number of carbonyl (C=O) groups is 2. The van der Waals surface area contributed by atoms with Crippen LogP contribution < -0.4 is 10.6 Å². The summed E-state index contributed by atoms with van der Waals surface area (Å²) >= 11 is 1.36. The Labute approximate surface area is 173 Å². The molecule has 0 saturated heterocycles. The molecule has 150 valence electrons. The number of aryl methyl sites for hydroxylation is 1. The van der Waals surface area contributed by atoms with E-state index < -0.39 is 0 Å². The molecule has 3 aromatic rings. The molecule has 3 heterocycles. The van der Waals surface area contributed by atoms with Crippen LogP contribution in [0.5, 0.6) is 0 Å². The lowest BCUT2D eigenvalue weighted by Gasteiger charge is -2.18. The summed E-state index contributed by atoms with van der Waals surface area (Å²) in [4.78, 5) is 37.6. The van der Waals surface area contributed by atoms with Crippen molar-refractivity contribution in [1.29, 1.82) is 0 Å². The van der Waals surface area contributed by atoms with Crippen molar-refractivity contribution in [3.05, 3.63) is 70.2 Å². The van der Waals surface area contributed by atoms with Crippen molar-refractivity contribution < 1.29 is 9.59 Å². The minimum Gasteiger partial charge on any atom is -0.343 e. The van der Waals surface area contributed by atoms with Gasteiger partial charge in [0.05, 0.1) is 17.9 Å². The molecule has 0 aliphatic carbocycles. The molecule has 29 heavy (non-hydrogen) atoms. The maximum atomic E-state index is 12.6. The third-order valence-corrected chi connectivity index (χ3v) is 5.10. The zero-order chi connectivity index (χ0) is 20.8. The van der Waals surface area contributed by atoms with Crippen molar-refractivity contribution in [3.8, 4) is 0 Å². The van der Waals surface area contributed by atoms with E-state index in [0.29, 0.717) is 34.3 Å². The Hall–Kier alpha value is -3.13. The monoisotopic (exact) mass is 409 g/mol. The van der Waals surface area contributed by atoms with Crippen molar-refractivity contribution in [2.45, 2.75) is 33.2 Å². The first-order valence-corrected chi connectivity index (χ1v) is 10.2. The quantitative estimate of drug-likeness (QED) is 0.614. The Morgan fingerprint density at radius 1 is 1.10 bits per heavy atom. The van der Waals surface area contributed by atoms with Gasteiger partial charge in [0.1, 0.15) is 10.7 Å². The van der Waals surface area contributed by atoms with Gasteiger partial charge in [0.25, 0.3) is 11.8 Å². The SMILES string of the molecule is Cc1cncc(NC(=O)c2csc([C@H](CC(C)C)NC(=O)c3ccncc3)n2)c1. The number of carbonyl (C=O) groups excluding carboxylic acids is 2. The highest BCUT2D eigenvalue weighted by atomic mass is 32.1. The molecule has 0 aromatic carbocycles. The van der Waals surface area contributed by atoms with Crippen molar-refractivity contribution in [1.82, 2.24) is 20.3 Å². The lowest BCUT2D eigenvalue weighted by atomic mass is 10.0. The van der Waals surface area contributed by atoms with E-state index in [1.165, 1.54) is 11.3 Å². The lowest BCUT2D eigenvalue weighted by Crippen LogP contribution is -2.29. The molecule has 8 heteroatoms. The second kappa shape index (κ2) is 9.38. The van der Waals surface area contributed by atoms with Gasteiger partial charge in [-0.3, -0.25) is 19.6 Å². The first kappa shape index (κ1) is 20.6. The maximum absolute atomic E-state index is 12.6. The highest BCUT2D eigenvalue weighted by molar-refractivity contribution is 7.10. The van der Waals surface area contributed by atoms with Crippen LogP contribution in [0.25, 0.3) is 0 Å². The summed E-state index contributed by atoms with van der Waals surface area (Å²) in [5.41, 5.74) is 2.43. The molecule has 1 atom stereocenters. The van der Waals surface area contributed by atoms with E-state index in [-0.39, 0.29) is 17.9 Å². The Bertz CT molecular complexity index is 988. The average Bonchev–Trinajstić information content (AvgIpc) is 3.18. The Balaban J connectivity index is 1.74. The van der Waals surface area contributed by atoms with Crippen LogP contribution in [0, 0.1) is 12.8 Å². The predicted octanol–water partition coefficient (Wildman–Crippen LogP) is 4.01. The standard InChI is InChI=1S/C21H23N5O2S/c1-13(2)8-17(25-19(27)15-4-6-22-7-5-15)21-26-18(12-29-21)20(28)24-16-9-14(3)10-23-11-16/h4-7,9-13,17H,8H2,1-3H3,(H,24,28)(H,25,27)/t17-/m0/s1. The number of nitrogens with zero attached hydrogens (tertiary/aromatic N) is 3. The highest BCUT2D eigenvalue weighted by Gasteiger charge is 2.22. The minimum absolute atomic E-state index is 0.190. The molecule has 0 bridgehead atoms. The molecule has 3 rings (SSSR count). The largest absolute Gasteiger partial charge is 0.343 e. The Morgan fingerprint density at radius 3 is 2.55 bits per heavy atom. The maximum Gasteiger partial charge on any atom is 0.275 e. The topological polar surface area (TPSA) is 96.9 Å². The first-order chi connectivity index (χ1) is 13.9. The van der Waals surface area contributed by atoms with Crippen LogP contribution in [0.1, 0.15) is 57.7 Å². The van der Waals surface area contributed by atoms with Crippen LogP contribution in [0.3, 0.4) is 0 Å². The van der Waals surface area contributed by atoms with E-state index in [9.17, 15) is 9.59 Å². The van der Waals surface area contributed by atoms with Crippen LogP contribution >= 0.6 is 11.3 Å². The van der Waals surface area contributed by atoms with E-state index in [1.54, 1.807) is 42.3 Å². The zero-order valence-corrected chi connectivity index (χ0v) is 17.4. The molecular weight excluding hydrogens is 386 g/mol. The highest BCUT2D eigenvalue weighted by Crippen LogP contribution is 2.25. The molecule has 0 saturated carbocycles. The summed E-state index contributed by atoms with van der Waals surface area (Å²) in [6.45, 7) is 6.07. The molecule has 0 spiro atoms. The van der Waals surface area contributed by atoms with Gasteiger partial charge in [-0.2, -0.15) is 0 Å². The van der Waals surface area contributed by atoms with Gasteiger partial charge in [-0.15, -0.1) is 11.3 Å². The van der Waals surface area contributed by atoms with Crippen LogP contribution in [-0.2, 0) is 0 Å². The van der Waals surface area contributed by atoms with Crippen molar-refractivity contribution in [2.75, 3.05) is 5.32 Å². The predicted molar refractivity (Wildman–Crippen MR) is 113 cm³/mol. The smallest absolute Gasteiger partial charge is 0.275 e. The van der Waals surface area contributed by atoms with Crippen LogP contribution in [0.15, 0.2) is 48.4 Å². The van der Waals surface area contributed by atoms with Gasteiger partial charge in [0.2, 0.25) is 0 Å². The number of pyridine rings is 2. The van der Waals surface area contributed by atoms with Crippen molar-refractivity contribution >= 4 is 28.8 Å². The van der Waals surface area contributed by atoms with E-state index in [2.05, 4.69) is 39.4 Å². The van der Waals surface area contributed by atoms with Gasteiger partial charge in [-0.05, 0) is 43.0 Å². The summed E-state index contributed by atoms with van der Waals surface area (Å²) in [7, 11) is 0. The fourth-order valence-electron chi connectivity index (χ4n) is 2.81. The third-order valence-electron chi connectivity index (χ3n) is 4.14. The van der Waals surface area contributed by atoms with E-state index in [0.717, 1.165) is 5.56 Å². The summed E-state index contributed by atoms with van der Waals surface area (Å²) in [5.74, 6) is -0.147. The number of anilines is 1. The fourth-order valence-corrected chi connectivity index (χ4v) is 3.67. The third kappa shape index (κ3) is 5.68. The van der Waals surface area contributed by atoms with Crippen LogP contribution in [-0.4, -0.2) is 26.8 Å². The fraction of sp³-hybridized carbons (Fsp3) is 0.286. The normalized spacial score (nSPS) is 11.9. The molecule has 2 amide bonds. The molecule has 0 radical (unpaired) electrons. The number of hydrogen-bond acceptors (Lipinski definition) is 6. The molecule has 0 aliphatic heterocycles. The van der Waals surface area contributed by atoms with E-state index >= 15 is 0 Å². The minimum atomic E-state index is -0.302. The zero-order valence-electron chi connectivity index (χ0n) is 16.5. The number of amides is 2. The van der Waals surface area contributed by atoms with Gasteiger partial charge in [0.15, 0.2) is 0 Å². The van der Waals surface area contributed by atoms with Gasteiger partial charge in [-0.25, -0.2) is 4.98 Å². The second-order valence-electron chi connectivity index (χ2n) is 7.17. The average molecular weight is 410 g/mol. The lowest BCUT2D eigenvalue weighted by molar-refractivity contribution is 0.0931. The van der Waals surface area contributed by atoms with E-state index in [4.69, 9.17) is 0 Å². The molecule has 0 unspecified atom stereocenters. The molecule has 0 aliphatic rings. The Kier molecular flexibility index (Phi) is 6.66. The van der Waals surface area contributed by atoms with Gasteiger partial charge in [0, 0.05) is 29.5 Å². The molecule has 7 nitrogen and oxygen atoms in total.